The number of hydrogen-bond acceptors (Lipinski definition) is 9. The van der Waals surface area contributed by atoms with Gasteiger partial charge in [0.05, 0.1) is 6.61 Å². The summed E-state index contributed by atoms with van der Waals surface area (Å²) in [6.07, 6.45) is 2.60. The summed E-state index contributed by atoms with van der Waals surface area (Å²) in [5.41, 5.74) is 1.44. The van der Waals surface area contributed by atoms with Gasteiger partial charge in [-0.05, 0) is 12.2 Å². The predicted molar refractivity (Wildman–Crippen MR) is 102 cm³/mol. The summed E-state index contributed by atoms with van der Waals surface area (Å²) in [5.74, 6) is 3.41. The Hall–Kier alpha value is -1.52. The van der Waals surface area contributed by atoms with Gasteiger partial charge in [-0.1, -0.05) is 6.92 Å². The second kappa shape index (κ2) is 8.72. The zero-order valence-corrected chi connectivity index (χ0v) is 15.8. The van der Waals surface area contributed by atoms with E-state index in [-0.39, 0.29) is 6.61 Å². The number of thioether (sulfide) groups is 1. The minimum absolute atomic E-state index is 0.00214. The van der Waals surface area contributed by atoms with Gasteiger partial charge in [0.25, 0.3) is 0 Å². The second-order valence-electron chi connectivity index (χ2n) is 5.58. The lowest BCUT2D eigenvalue weighted by Gasteiger charge is -2.28. The van der Waals surface area contributed by atoms with Crippen molar-refractivity contribution in [3.05, 3.63) is 6.33 Å². The lowest BCUT2D eigenvalue weighted by Crippen LogP contribution is -2.38. The molecule has 3 heterocycles. The molecule has 2 aromatic heterocycles. The van der Waals surface area contributed by atoms with Crippen LogP contribution in [0, 0.1) is 0 Å². The van der Waals surface area contributed by atoms with E-state index < -0.39 is 10.8 Å². The molecule has 136 valence electrons. The smallest absolute Gasteiger partial charge is 0.225 e. The Kier molecular flexibility index (Phi) is 6.38. The zero-order chi connectivity index (χ0) is 17.6. The monoisotopic (exact) mass is 382 g/mol. The summed E-state index contributed by atoms with van der Waals surface area (Å²) < 4.78 is 11.7. The van der Waals surface area contributed by atoms with Gasteiger partial charge in [-0.15, -0.1) is 11.8 Å². The highest BCUT2D eigenvalue weighted by atomic mass is 32.2. The number of nitrogens with one attached hydrogen (secondary N) is 1. The summed E-state index contributed by atoms with van der Waals surface area (Å²) >= 11 is 1.65. The lowest BCUT2D eigenvalue weighted by molar-refractivity contribution is 0.311. The largest absolute Gasteiger partial charge is 0.395 e. The van der Waals surface area contributed by atoms with Gasteiger partial charge in [0.2, 0.25) is 5.95 Å². The summed E-state index contributed by atoms with van der Waals surface area (Å²) in [7, 11) is -0.758. The van der Waals surface area contributed by atoms with Crippen LogP contribution in [0.25, 0.3) is 11.0 Å². The van der Waals surface area contributed by atoms with Crippen molar-refractivity contribution in [1.82, 2.24) is 19.9 Å². The molecule has 0 unspecified atom stereocenters. The molecule has 1 aliphatic heterocycles. The first-order chi connectivity index (χ1) is 12.2. The molecule has 0 bridgehead atoms. The van der Waals surface area contributed by atoms with E-state index in [0.29, 0.717) is 37.1 Å². The van der Waals surface area contributed by atoms with Crippen molar-refractivity contribution in [3.8, 4) is 0 Å². The van der Waals surface area contributed by atoms with Crippen molar-refractivity contribution in [2.24, 2.45) is 0 Å². The fourth-order valence-corrected chi connectivity index (χ4v) is 4.38. The highest BCUT2D eigenvalue weighted by Crippen LogP contribution is 2.30. The van der Waals surface area contributed by atoms with Gasteiger partial charge < -0.3 is 15.3 Å². The number of aromatic nitrogens is 4. The van der Waals surface area contributed by atoms with Gasteiger partial charge >= 0.3 is 0 Å². The van der Waals surface area contributed by atoms with Crippen LogP contribution >= 0.6 is 11.8 Å². The van der Waals surface area contributed by atoms with Crippen LogP contribution in [0.3, 0.4) is 0 Å². The van der Waals surface area contributed by atoms with E-state index in [0.717, 1.165) is 34.1 Å². The summed E-state index contributed by atoms with van der Waals surface area (Å²) in [6.45, 7) is 3.86. The highest BCUT2D eigenvalue weighted by Gasteiger charge is 2.22. The number of hydrogen-bond donors (Lipinski definition) is 2. The molecule has 0 amide bonds. The Morgan fingerprint density at radius 3 is 2.80 bits per heavy atom. The molecule has 0 radical (unpaired) electrons. The van der Waals surface area contributed by atoms with E-state index >= 15 is 0 Å². The molecule has 0 spiro atoms. The van der Waals surface area contributed by atoms with Crippen LogP contribution in [0.5, 0.6) is 0 Å². The molecule has 2 aromatic rings. The number of anilines is 2. The minimum atomic E-state index is -0.758. The maximum Gasteiger partial charge on any atom is 0.225 e. The van der Waals surface area contributed by atoms with Crippen LogP contribution in [0.15, 0.2) is 11.4 Å². The van der Waals surface area contributed by atoms with Gasteiger partial charge in [0.1, 0.15) is 22.4 Å². The third kappa shape index (κ3) is 4.36. The van der Waals surface area contributed by atoms with Gasteiger partial charge in [-0.25, -0.2) is 15.0 Å². The molecule has 0 aliphatic carbocycles. The Balaban J connectivity index is 2.04. The third-order valence-corrected chi connectivity index (χ3v) is 6.21. The van der Waals surface area contributed by atoms with E-state index in [1.54, 1.807) is 18.1 Å². The van der Waals surface area contributed by atoms with E-state index in [9.17, 15) is 4.21 Å². The van der Waals surface area contributed by atoms with Gasteiger partial charge in [-0.2, -0.15) is 4.98 Å². The fraction of sp³-hybridized carbons (Fsp3) is 0.600. The van der Waals surface area contributed by atoms with E-state index in [1.165, 1.54) is 0 Å². The normalized spacial score (nSPS) is 15.7. The van der Waals surface area contributed by atoms with Crippen LogP contribution in [-0.2, 0) is 10.8 Å². The maximum atomic E-state index is 11.7. The van der Waals surface area contributed by atoms with Crippen LogP contribution < -0.4 is 10.2 Å². The lowest BCUT2D eigenvalue weighted by atomic mass is 10.3. The summed E-state index contributed by atoms with van der Waals surface area (Å²) in [4.78, 5) is 20.1. The average molecular weight is 383 g/mol. The SMILES string of the molecule is CCCSc1ncnc2c(N3CCS(=O)CC3)nc(NCCO)nc12. The number of fused-ring (bicyclic) bond motifs is 1. The van der Waals surface area contributed by atoms with Crippen molar-refractivity contribution in [2.45, 2.75) is 18.4 Å². The molecular formula is C15H22N6O2S2. The molecule has 10 heteroatoms. The molecule has 25 heavy (non-hydrogen) atoms. The highest BCUT2D eigenvalue weighted by molar-refractivity contribution is 7.99. The second-order valence-corrected chi connectivity index (χ2v) is 8.36. The van der Waals surface area contributed by atoms with Crippen molar-refractivity contribution < 1.29 is 9.32 Å². The first-order valence-corrected chi connectivity index (χ1v) is 10.8. The molecule has 0 saturated carbocycles. The summed E-state index contributed by atoms with van der Waals surface area (Å²) in [6, 6.07) is 0. The number of aliphatic hydroxyl groups excluding tert-OH is 1. The van der Waals surface area contributed by atoms with Crippen LogP contribution in [0.2, 0.25) is 0 Å². The maximum absolute atomic E-state index is 11.7. The topological polar surface area (TPSA) is 104 Å². The number of rotatable bonds is 7. The molecule has 0 aromatic carbocycles. The molecule has 3 rings (SSSR count). The quantitative estimate of drug-likeness (QED) is 0.534. The van der Waals surface area contributed by atoms with E-state index in [2.05, 4.69) is 37.1 Å². The van der Waals surface area contributed by atoms with Crippen LogP contribution in [0.4, 0.5) is 11.8 Å². The van der Waals surface area contributed by atoms with E-state index in [4.69, 9.17) is 5.11 Å². The molecule has 1 fully saturated rings. The minimum Gasteiger partial charge on any atom is -0.395 e. The van der Waals surface area contributed by atoms with Gasteiger partial charge in [0.15, 0.2) is 5.82 Å². The average Bonchev–Trinajstić information content (AvgIpc) is 2.64. The zero-order valence-electron chi connectivity index (χ0n) is 14.1. The first kappa shape index (κ1) is 18.3. The number of nitrogens with zero attached hydrogens (tertiary/aromatic N) is 5. The molecule has 0 atom stereocenters. The molecule has 8 nitrogen and oxygen atoms in total. The number of aliphatic hydroxyl groups is 1. The summed E-state index contributed by atoms with van der Waals surface area (Å²) in [5, 5.41) is 12.9. The van der Waals surface area contributed by atoms with Crippen molar-refractivity contribution in [3.63, 3.8) is 0 Å². The van der Waals surface area contributed by atoms with Crippen molar-refractivity contribution in [1.29, 1.82) is 0 Å². The molecular weight excluding hydrogens is 360 g/mol. The predicted octanol–water partition coefficient (Wildman–Crippen LogP) is 0.895. The van der Waals surface area contributed by atoms with Crippen molar-refractivity contribution >= 4 is 45.4 Å². The van der Waals surface area contributed by atoms with Crippen molar-refractivity contribution in [2.75, 3.05) is 53.7 Å². The Bertz CT molecular complexity index is 750. The third-order valence-electron chi connectivity index (χ3n) is 3.75. The molecule has 1 aliphatic rings. The van der Waals surface area contributed by atoms with Crippen LogP contribution in [0.1, 0.15) is 13.3 Å². The fourth-order valence-electron chi connectivity index (χ4n) is 2.53. The standard InChI is InChI=1S/C15H22N6O2S2/c1-2-7-24-14-12-11(17-10-18-14)13(20-15(19-12)16-3-6-22)21-4-8-25(23)9-5-21/h10,22H,2-9H2,1H3,(H,16,19,20). The van der Waals surface area contributed by atoms with E-state index in [1.807, 2.05) is 0 Å². The Labute approximate surface area is 153 Å². The van der Waals surface area contributed by atoms with Gasteiger partial charge in [-0.3, -0.25) is 4.21 Å². The van der Waals surface area contributed by atoms with Crippen LogP contribution in [-0.4, -0.2) is 72.8 Å². The Morgan fingerprint density at radius 1 is 1.28 bits per heavy atom. The molecule has 2 N–H and O–H groups in total. The van der Waals surface area contributed by atoms with Gasteiger partial charge in [0, 0.05) is 41.9 Å². The Morgan fingerprint density at radius 2 is 2.08 bits per heavy atom. The first-order valence-electron chi connectivity index (χ1n) is 8.33. The molecule has 1 saturated heterocycles.